The number of morpholine rings is 1. The summed E-state index contributed by atoms with van der Waals surface area (Å²) in [5.74, 6) is 1.19. The highest BCUT2D eigenvalue weighted by molar-refractivity contribution is 6.06. The number of anilines is 1. The van der Waals surface area contributed by atoms with E-state index >= 15 is 0 Å². The minimum atomic E-state index is -0.653. The molecule has 2 aromatic rings. The van der Waals surface area contributed by atoms with Gasteiger partial charge >= 0.3 is 0 Å². The van der Waals surface area contributed by atoms with Crippen LogP contribution in [0.1, 0.15) is 63.0 Å². The van der Waals surface area contributed by atoms with E-state index in [2.05, 4.69) is 47.4 Å². The Morgan fingerprint density at radius 3 is 2.58 bits per heavy atom. The molecule has 2 aliphatic heterocycles. The first-order valence-electron chi connectivity index (χ1n) is 11.8. The van der Waals surface area contributed by atoms with E-state index in [1.807, 2.05) is 13.8 Å². The van der Waals surface area contributed by atoms with Gasteiger partial charge in [0.15, 0.2) is 0 Å². The van der Waals surface area contributed by atoms with E-state index in [-0.39, 0.29) is 11.8 Å². The van der Waals surface area contributed by atoms with Crippen LogP contribution in [0.5, 0.6) is 0 Å². The first-order chi connectivity index (χ1) is 15.0. The van der Waals surface area contributed by atoms with Gasteiger partial charge in [-0.1, -0.05) is 44.3 Å². The Kier molecular flexibility index (Phi) is 6.49. The number of hydrogen-bond donors (Lipinski definition) is 1. The molecule has 6 heteroatoms. The Morgan fingerprint density at radius 2 is 1.94 bits per heavy atom. The lowest BCUT2D eigenvalue weighted by Gasteiger charge is -2.46. The molecule has 1 aromatic heterocycles. The summed E-state index contributed by atoms with van der Waals surface area (Å²) in [7, 11) is 0. The third kappa shape index (κ3) is 3.70. The maximum Gasteiger partial charge on any atom is 0.249 e. The van der Waals surface area contributed by atoms with Crippen LogP contribution in [0.15, 0.2) is 22.7 Å². The molecular formula is C25H35N3O3. The molecule has 3 heterocycles. The molecule has 31 heavy (non-hydrogen) atoms. The first-order valence-corrected chi connectivity index (χ1v) is 11.8. The standard InChI is InChI=1S/C25H35N3O3/c1-5-7-9-20(8-6-2)25(28-12-14-30-15-13-28)21-16-19(10-11-22(21)26-24(25)29)23-17(3)27-31-18(23)4/h10-11,16,20H,5-9,12-15H2,1-4H3,(H,26,29). The summed E-state index contributed by atoms with van der Waals surface area (Å²) in [5.41, 5.74) is 4.35. The van der Waals surface area contributed by atoms with Gasteiger partial charge in [-0.15, -0.1) is 0 Å². The maximum atomic E-state index is 13.8. The van der Waals surface area contributed by atoms with Crippen molar-refractivity contribution in [3.8, 4) is 11.1 Å². The number of carbonyl (C=O) groups excluding carboxylic acids is 1. The Morgan fingerprint density at radius 1 is 1.16 bits per heavy atom. The van der Waals surface area contributed by atoms with E-state index in [4.69, 9.17) is 9.26 Å². The van der Waals surface area contributed by atoms with Crippen molar-refractivity contribution in [2.75, 3.05) is 31.6 Å². The predicted octanol–water partition coefficient (Wildman–Crippen LogP) is 5.04. The quantitative estimate of drug-likeness (QED) is 0.641. The molecule has 168 valence electrons. The van der Waals surface area contributed by atoms with Crippen LogP contribution in [0, 0.1) is 19.8 Å². The second-order valence-corrected chi connectivity index (χ2v) is 8.91. The summed E-state index contributed by atoms with van der Waals surface area (Å²) < 4.78 is 11.1. The van der Waals surface area contributed by atoms with Crippen LogP contribution in [-0.4, -0.2) is 42.3 Å². The second-order valence-electron chi connectivity index (χ2n) is 8.91. The van der Waals surface area contributed by atoms with Crippen molar-refractivity contribution in [3.05, 3.63) is 35.2 Å². The number of benzene rings is 1. The van der Waals surface area contributed by atoms with E-state index in [9.17, 15) is 4.79 Å². The molecule has 6 nitrogen and oxygen atoms in total. The lowest BCUT2D eigenvalue weighted by atomic mass is 9.72. The number of ether oxygens (including phenoxy) is 1. The van der Waals surface area contributed by atoms with Gasteiger partial charge in [-0.2, -0.15) is 0 Å². The molecule has 1 amide bonds. The van der Waals surface area contributed by atoms with Crippen molar-refractivity contribution in [3.63, 3.8) is 0 Å². The van der Waals surface area contributed by atoms with Crippen molar-refractivity contribution in [2.24, 2.45) is 5.92 Å². The number of aryl methyl sites for hydroxylation is 2. The summed E-state index contributed by atoms with van der Waals surface area (Å²) in [5, 5.41) is 7.39. The van der Waals surface area contributed by atoms with Crippen molar-refractivity contribution < 1.29 is 14.1 Å². The van der Waals surface area contributed by atoms with E-state index in [1.165, 1.54) is 0 Å². The number of hydrogen-bond acceptors (Lipinski definition) is 5. The summed E-state index contributed by atoms with van der Waals surface area (Å²) in [4.78, 5) is 16.2. The molecule has 0 bridgehead atoms. The van der Waals surface area contributed by atoms with Gasteiger partial charge in [0, 0.05) is 29.9 Å². The summed E-state index contributed by atoms with van der Waals surface area (Å²) in [6.45, 7) is 11.2. The maximum absolute atomic E-state index is 13.8. The molecule has 0 saturated carbocycles. The van der Waals surface area contributed by atoms with Crippen LogP contribution >= 0.6 is 0 Å². The fourth-order valence-electron chi connectivity index (χ4n) is 5.61. The average Bonchev–Trinajstić information content (AvgIpc) is 3.27. The van der Waals surface area contributed by atoms with E-state index in [0.29, 0.717) is 13.2 Å². The van der Waals surface area contributed by atoms with Gasteiger partial charge in [0.2, 0.25) is 5.91 Å². The normalized spacial score (nSPS) is 22.4. The third-order valence-corrected chi connectivity index (χ3v) is 6.99. The number of fused-ring (bicyclic) bond motifs is 1. The largest absolute Gasteiger partial charge is 0.379 e. The van der Waals surface area contributed by atoms with Crippen molar-refractivity contribution in [1.29, 1.82) is 0 Å². The lowest BCUT2D eigenvalue weighted by Crippen LogP contribution is -2.59. The zero-order chi connectivity index (χ0) is 22.0. The molecule has 1 saturated heterocycles. The average molecular weight is 426 g/mol. The summed E-state index contributed by atoms with van der Waals surface area (Å²) in [6, 6.07) is 6.34. The first kappa shape index (κ1) is 22.0. The molecular weight excluding hydrogens is 390 g/mol. The molecule has 1 aromatic carbocycles. The summed E-state index contributed by atoms with van der Waals surface area (Å²) in [6.07, 6.45) is 5.40. The molecule has 1 N–H and O–H groups in total. The molecule has 0 spiro atoms. The van der Waals surface area contributed by atoms with Crippen LogP contribution in [-0.2, 0) is 15.1 Å². The van der Waals surface area contributed by atoms with Crippen LogP contribution in [0.3, 0.4) is 0 Å². The van der Waals surface area contributed by atoms with Crippen LogP contribution in [0.4, 0.5) is 5.69 Å². The molecule has 1 fully saturated rings. The minimum Gasteiger partial charge on any atom is -0.379 e. The Hall–Kier alpha value is -2.18. The number of amides is 1. The molecule has 0 radical (unpaired) electrons. The SMILES string of the molecule is CCCCC(CCC)C1(N2CCOCC2)C(=O)Nc2ccc(-c3c(C)noc3C)cc21. The van der Waals surface area contributed by atoms with Crippen LogP contribution < -0.4 is 5.32 Å². The highest BCUT2D eigenvalue weighted by atomic mass is 16.5. The van der Waals surface area contributed by atoms with E-state index in [0.717, 1.165) is 79.0 Å². The van der Waals surface area contributed by atoms with Crippen LogP contribution in [0.2, 0.25) is 0 Å². The van der Waals surface area contributed by atoms with Crippen LogP contribution in [0.25, 0.3) is 11.1 Å². The smallest absolute Gasteiger partial charge is 0.249 e. The Bertz CT molecular complexity index is 913. The number of nitrogens with zero attached hydrogens (tertiary/aromatic N) is 2. The number of aromatic nitrogens is 1. The molecule has 2 unspecified atom stereocenters. The number of carbonyl (C=O) groups is 1. The zero-order valence-electron chi connectivity index (χ0n) is 19.3. The number of rotatable bonds is 8. The monoisotopic (exact) mass is 425 g/mol. The van der Waals surface area contributed by atoms with Gasteiger partial charge in [-0.25, -0.2) is 0 Å². The number of nitrogens with one attached hydrogen (secondary N) is 1. The zero-order valence-corrected chi connectivity index (χ0v) is 19.3. The highest BCUT2D eigenvalue weighted by Crippen LogP contribution is 2.50. The molecule has 0 aliphatic carbocycles. The van der Waals surface area contributed by atoms with Crippen molar-refractivity contribution in [1.82, 2.24) is 10.1 Å². The van der Waals surface area contributed by atoms with Gasteiger partial charge in [-0.05, 0) is 50.3 Å². The second kappa shape index (κ2) is 9.13. The van der Waals surface area contributed by atoms with Gasteiger partial charge < -0.3 is 14.6 Å². The van der Waals surface area contributed by atoms with Gasteiger partial charge in [0.25, 0.3) is 0 Å². The van der Waals surface area contributed by atoms with E-state index < -0.39 is 5.54 Å². The summed E-state index contributed by atoms with van der Waals surface area (Å²) >= 11 is 0. The van der Waals surface area contributed by atoms with Gasteiger partial charge in [-0.3, -0.25) is 9.69 Å². The van der Waals surface area contributed by atoms with Crippen molar-refractivity contribution in [2.45, 2.75) is 65.3 Å². The number of unbranched alkanes of at least 4 members (excludes halogenated alkanes) is 1. The Balaban J connectivity index is 1.89. The fourth-order valence-corrected chi connectivity index (χ4v) is 5.61. The fraction of sp³-hybridized carbons (Fsp3) is 0.600. The molecule has 2 atom stereocenters. The molecule has 2 aliphatic rings. The molecule has 4 rings (SSSR count). The highest BCUT2D eigenvalue weighted by Gasteiger charge is 2.55. The predicted molar refractivity (Wildman–Crippen MR) is 122 cm³/mol. The van der Waals surface area contributed by atoms with Crippen molar-refractivity contribution >= 4 is 11.6 Å². The van der Waals surface area contributed by atoms with Gasteiger partial charge in [0.1, 0.15) is 11.3 Å². The minimum absolute atomic E-state index is 0.120. The topological polar surface area (TPSA) is 67.6 Å². The van der Waals surface area contributed by atoms with E-state index in [1.54, 1.807) is 0 Å². The third-order valence-electron chi connectivity index (χ3n) is 6.99. The Labute approximate surface area is 185 Å². The van der Waals surface area contributed by atoms with Gasteiger partial charge in [0.05, 0.1) is 18.9 Å². The lowest BCUT2D eigenvalue weighted by molar-refractivity contribution is -0.137.